The van der Waals surface area contributed by atoms with Gasteiger partial charge in [0.2, 0.25) is 0 Å². The fourth-order valence-corrected chi connectivity index (χ4v) is 3.70. The topological polar surface area (TPSA) is 78.5 Å². The molecule has 0 spiro atoms. The Balaban J connectivity index is 1.55. The molecule has 0 aromatic heterocycles. The van der Waals surface area contributed by atoms with Gasteiger partial charge in [-0.15, -0.1) is 0 Å². The molecule has 0 saturated carbocycles. The summed E-state index contributed by atoms with van der Waals surface area (Å²) < 4.78 is 13.3. The lowest BCUT2D eigenvalue weighted by Gasteiger charge is -2.17. The molecule has 0 bridgehead atoms. The van der Waals surface area contributed by atoms with E-state index in [0.29, 0.717) is 17.1 Å². The summed E-state index contributed by atoms with van der Waals surface area (Å²) >= 11 is 11.9. The molecule has 4 rings (SSSR count). The molecule has 0 aliphatic carbocycles. The first kappa shape index (κ1) is 22.5. The van der Waals surface area contributed by atoms with E-state index in [-0.39, 0.29) is 21.3 Å². The molecule has 33 heavy (non-hydrogen) atoms. The van der Waals surface area contributed by atoms with Gasteiger partial charge in [0.25, 0.3) is 17.7 Å². The van der Waals surface area contributed by atoms with E-state index in [1.165, 1.54) is 18.2 Å². The number of halogens is 3. The van der Waals surface area contributed by atoms with Crippen LogP contribution in [0.1, 0.15) is 15.9 Å². The number of nitrogens with one attached hydrogen (secondary N) is 2. The molecule has 166 valence electrons. The van der Waals surface area contributed by atoms with Crippen LogP contribution in [-0.2, 0) is 9.59 Å². The number of rotatable bonds is 5. The number of aryl methyl sites for hydroxylation is 1. The Morgan fingerprint density at radius 1 is 0.909 bits per heavy atom. The molecular formula is C24H16Cl2FN3O3. The van der Waals surface area contributed by atoms with E-state index in [4.69, 9.17) is 23.2 Å². The van der Waals surface area contributed by atoms with Gasteiger partial charge >= 0.3 is 0 Å². The molecule has 0 atom stereocenters. The van der Waals surface area contributed by atoms with Gasteiger partial charge in [-0.1, -0.05) is 47.5 Å². The fourth-order valence-electron chi connectivity index (χ4n) is 3.30. The summed E-state index contributed by atoms with van der Waals surface area (Å²) in [4.78, 5) is 39.3. The van der Waals surface area contributed by atoms with Crippen LogP contribution in [-0.4, -0.2) is 17.7 Å². The molecule has 6 nitrogen and oxygen atoms in total. The number of nitrogens with zero attached hydrogens (tertiary/aromatic N) is 1. The lowest BCUT2D eigenvalue weighted by Crippen LogP contribution is -2.32. The molecule has 0 radical (unpaired) electrons. The number of anilines is 3. The number of amides is 3. The highest BCUT2D eigenvalue weighted by molar-refractivity contribution is 6.53. The SMILES string of the molecule is Cc1ccccc1N1C(=O)C(Cl)=C(Nc2cccc(C(=O)Nc3ccc(F)c(Cl)c3)c2)C1=O. The highest BCUT2D eigenvalue weighted by Gasteiger charge is 2.39. The first-order valence-corrected chi connectivity index (χ1v) is 10.5. The molecule has 0 saturated heterocycles. The maximum atomic E-state index is 13.3. The lowest BCUT2D eigenvalue weighted by atomic mass is 10.1. The zero-order chi connectivity index (χ0) is 23.7. The monoisotopic (exact) mass is 483 g/mol. The molecule has 0 unspecified atom stereocenters. The average Bonchev–Trinajstić information content (AvgIpc) is 3.00. The Morgan fingerprint density at radius 3 is 2.39 bits per heavy atom. The fraction of sp³-hybridized carbons (Fsp3) is 0.0417. The normalized spacial score (nSPS) is 13.5. The molecule has 3 amide bonds. The standard InChI is InChI=1S/C24H16Cl2FN3O3/c1-13-5-2-3-8-19(13)30-23(32)20(26)21(24(30)33)28-15-7-4-6-14(11-15)22(31)29-16-9-10-18(27)17(25)12-16/h2-12,28H,1H3,(H,29,31). The zero-order valence-corrected chi connectivity index (χ0v) is 18.7. The van der Waals surface area contributed by atoms with Gasteiger partial charge in [-0.25, -0.2) is 9.29 Å². The Kier molecular flexibility index (Phi) is 6.18. The van der Waals surface area contributed by atoms with Crippen molar-refractivity contribution in [3.8, 4) is 0 Å². The maximum absolute atomic E-state index is 13.3. The van der Waals surface area contributed by atoms with E-state index in [9.17, 15) is 18.8 Å². The number of hydrogen-bond donors (Lipinski definition) is 2. The van der Waals surface area contributed by atoms with Crippen LogP contribution in [0.3, 0.4) is 0 Å². The summed E-state index contributed by atoms with van der Waals surface area (Å²) in [5, 5.41) is 5.10. The van der Waals surface area contributed by atoms with Crippen LogP contribution in [0.15, 0.2) is 77.5 Å². The van der Waals surface area contributed by atoms with Crippen LogP contribution >= 0.6 is 23.2 Å². The number of benzene rings is 3. The Bertz CT molecular complexity index is 1340. The van der Waals surface area contributed by atoms with Gasteiger partial charge in [-0.2, -0.15) is 0 Å². The molecular weight excluding hydrogens is 468 g/mol. The molecule has 3 aromatic carbocycles. The predicted octanol–water partition coefficient (Wildman–Crippen LogP) is 5.48. The molecule has 1 heterocycles. The number of imide groups is 1. The van der Waals surface area contributed by atoms with Gasteiger partial charge in [0.05, 0.1) is 10.7 Å². The zero-order valence-electron chi connectivity index (χ0n) is 17.2. The minimum absolute atomic E-state index is 0.0900. The van der Waals surface area contributed by atoms with Crippen LogP contribution in [0.2, 0.25) is 5.02 Å². The van der Waals surface area contributed by atoms with Gasteiger partial charge in [0.1, 0.15) is 16.5 Å². The predicted molar refractivity (Wildman–Crippen MR) is 126 cm³/mol. The number of carbonyl (C=O) groups is 3. The van der Waals surface area contributed by atoms with Crippen molar-refractivity contribution in [3.05, 3.63) is 99.4 Å². The quantitative estimate of drug-likeness (QED) is 0.471. The van der Waals surface area contributed by atoms with Crippen molar-refractivity contribution in [2.45, 2.75) is 6.92 Å². The van der Waals surface area contributed by atoms with Crippen molar-refractivity contribution in [2.75, 3.05) is 15.5 Å². The number of hydrogen-bond acceptors (Lipinski definition) is 4. The number of para-hydroxylation sites is 1. The van der Waals surface area contributed by atoms with E-state index >= 15 is 0 Å². The van der Waals surface area contributed by atoms with E-state index in [1.54, 1.807) is 49.4 Å². The molecule has 1 aliphatic rings. The van der Waals surface area contributed by atoms with Crippen LogP contribution in [0.4, 0.5) is 21.5 Å². The maximum Gasteiger partial charge on any atom is 0.283 e. The summed E-state index contributed by atoms with van der Waals surface area (Å²) in [5.41, 5.74) is 2.04. The molecule has 1 aliphatic heterocycles. The summed E-state index contributed by atoms with van der Waals surface area (Å²) in [6.45, 7) is 1.78. The second-order valence-corrected chi connectivity index (χ2v) is 8.00. The van der Waals surface area contributed by atoms with Crippen LogP contribution < -0.4 is 15.5 Å². The highest BCUT2D eigenvalue weighted by Crippen LogP contribution is 2.32. The molecule has 3 aromatic rings. The van der Waals surface area contributed by atoms with Crippen molar-refractivity contribution in [1.29, 1.82) is 0 Å². The van der Waals surface area contributed by atoms with Crippen LogP contribution in [0.25, 0.3) is 0 Å². The van der Waals surface area contributed by atoms with Crippen molar-refractivity contribution in [3.63, 3.8) is 0 Å². The summed E-state index contributed by atoms with van der Waals surface area (Å²) in [6.07, 6.45) is 0. The first-order valence-electron chi connectivity index (χ1n) is 9.74. The second-order valence-electron chi connectivity index (χ2n) is 7.21. The van der Waals surface area contributed by atoms with Crippen molar-refractivity contribution < 1.29 is 18.8 Å². The van der Waals surface area contributed by atoms with Gasteiger partial charge in [0.15, 0.2) is 0 Å². The van der Waals surface area contributed by atoms with Gasteiger partial charge in [0, 0.05) is 16.9 Å². The average molecular weight is 484 g/mol. The Labute approximate surface area is 198 Å². The summed E-state index contributed by atoms with van der Waals surface area (Å²) in [5.74, 6) is -2.31. The summed E-state index contributed by atoms with van der Waals surface area (Å²) in [6, 6.07) is 17.1. The van der Waals surface area contributed by atoms with E-state index < -0.39 is 23.5 Å². The lowest BCUT2D eigenvalue weighted by molar-refractivity contribution is -0.120. The Hall–Kier alpha value is -3.68. The third kappa shape index (κ3) is 4.46. The molecule has 0 fully saturated rings. The van der Waals surface area contributed by atoms with Crippen molar-refractivity contribution >= 4 is 58.0 Å². The smallest absolute Gasteiger partial charge is 0.283 e. The number of carbonyl (C=O) groups excluding carboxylic acids is 3. The third-order valence-corrected chi connectivity index (χ3v) is 5.60. The van der Waals surface area contributed by atoms with E-state index in [0.717, 1.165) is 16.5 Å². The van der Waals surface area contributed by atoms with E-state index in [2.05, 4.69) is 10.6 Å². The van der Waals surface area contributed by atoms with Crippen LogP contribution in [0, 0.1) is 12.7 Å². The van der Waals surface area contributed by atoms with Crippen LogP contribution in [0.5, 0.6) is 0 Å². The highest BCUT2D eigenvalue weighted by atomic mass is 35.5. The Morgan fingerprint density at radius 2 is 1.67 bits per heavy atom. The molecule has 9 heteroatoms. The van der Waals surface area contributed by atoms with Gasteiger partial charge < -0.3 is 10.6 Å². The van der Waals surface area contributed by atoms with Crippen molar-refractivity contribution in [1.82, 2.24) is 0 Å². The summed E-state index contributed by atoms with van der Waals surface area (Å²) in [7, 11) is 0. The van der Waals surface area contributed by atoms with Gasteiger partial charge in [-0.3, -0.25) is 14.4 Å². The first-order chi connectivity index (χ1) is 15.8. The van der Waals surface area contributed by atoms with Crippen molar-refractivity contribution in [2.24, 2.45) is 0 Å². The second kappa shape index (κ2) is 9.05. The van der Waals surface area contributed by atoms with E-state index in [1.807, 2.05) is 0 Å². The third-order valence-electron chi connectivity index (χ3n) is 4.96. The van der Waals surface area contributed by atoms with Gasteiger partial charge in [-0.05, 0) is 55.0 Å². The molecule has 2 N–H and O–H groups in total. The minimum Gasteiger partial charge on any atom is -0.350 e. The minimum atomic E-state index is -0.638. The largest absolute Gasteiger partial charge is 0.350 e.